The van der Waals surface area contributed by atoms with E-state index in [1.165, 1.54) is 0 Å². The van der Waals surface area contributed by atoms with Crippen LogP contribution in [0.15, 0.2) is 0 Å². The molecular formula is C11H28BNO. The van der Waals surface area contributed by atoms with Crippen molar-refractivity contribution in [1.82, 2.24) is 4.81 Å². The first-order valence-electron chi connectivity index (χ1n) is 5.81. The van der Waals surface area contributed by atoms with E-state index in [1.807, 2.05) is 34.7 Å². The second kappa shape index (κ2) is 23.1. The maximum absolute atomic E-state index is 5.38. The summed E-state index contributed by atoms with van der Waals surface area (Å²) in [5.41, 5.74) is 0. The fraction of sp³-hybridized carbons (Fsp3) is 1.00. The summed E-state index contributed by atoms with van der Waals surface area (Å²) < 4.78 is 5.25. The number of hydrogen-bond acceptors (Lipinski definition) is 2. The molecule has 0 unspecified atom stereocenters. The highest BCUT2D eigenvalue weighted by Gasteiger charge is 1.89. The van der Waals surface area contributed by atoms with E-state index in [-0.39, 0.29) is 0 Å². The molecule has 0 aliphatic heterocycles. The minimum Gasteiger partial charge on any atom is -0.381 e. The fourth-order valence-electron chi connectivity index (χ4n) is 0.662. The van der Waals surface area contributed by atoms with Gasteiger partial charge in [-0.3, -0.25) is 0 Å². The molecule has 0 aliphatic carbocycles. The van der Waals surface area contributed by atoms with Crippen LogP contribution in [-0.4, -0.2) is 39.6 Å². The number of nitrogens with zero attached hydrogens (tertiary/aromatic N) is 1. The highest BCUT2D eigenvalue weighted by atomic mass is 16.5. The van der Waals surface area contributed by atoms with E-state index in [0.717, 1.165) is 32.6 Å². The Labute approximate surface area is 92.4 Å². The molecule has 0 aromatic rings. The molecule has 0 heterocycles. The van der Waals surface area contributed by atoms with E-state index in [2.05, 4.69) is 6.92 Å². The predicted molar refractivity (Wildman–Crippen MR) is 66.8 cm³/mol. The van der Waals surface area contributed by atoms with Gasteiger partial charge in [0.05, 0.1) is 0 Å². The summed E-state index contributed by atoms with van der Waals surface area (Å²) in [5.74, 6) is 0. The van der Waals surface area contributed by atoms with Gasteiger partial charge in [-0.15, -0.1) is 0 Å². The van der Waals surface area contributed by atoms with Crippen LogP contribution in [0.25, 0.3) is 0 Å². The maximum Gasteiger partial charge on any atom is 0.182 e. The van der Waals surface area contributed by atoms with Crippen LogP contribution in [0.1, 0.15) is 47.5 Å². The molecule has 0 saturated heterocycles. The molecule has 0 aliphatic rings. The summed E-state index contributed by atoms with van der Waals surface area (Å²) in [6.45, 7) is 12.7. The van der Waals surface area contributed by atoms with Gasteiger partial charge in [0.25, 0.3) is 0 Å². The Kier molecular flexibility index (Phi) is 32.2. The second-order valence-electron chi connectivity index (χ2n) is 2.45. The van der Waals surface area contributed by atoms with Gasteiger partial charge in [0.2, 0.25) is 0 Å². The van der Waals surface area contributed by atoms with Crippen molar-refractivity contribution in [2.45, 2.75) is 47.5 Å². The molecule has 0 atom stereocenters. The summed E-state index contributed by atoms with van der Waals surface area (Å²) in [6, 6.07) is 0. The van der Waals surface area contributed by atoms with Crippen molar-refractivity contribution in [1.29, 1.82) is 0 Å². The molecular weight excluding hydrogens is 173 g/mol. The van der Waals surface area contributed by atoms with Gasteiger partial charge in [0, 0.05) is 13.2 Å². The van der Waals surface area contributed by atoms with Gasteiger partial charge >= 0.3 is 0 Å². The summed E-state index contributed by atoms with van der Waals surface area (Å²) in [7, 11) is 7.25. The predicted octanol–water partition coefficient (Wildman–Crippen LogP) is 2.87. The van der Waals surface area contributed by atoms with Gasteiger partial charge in [0.1, 0.15) is 0 Å². The van der Waals surface area contributed by atoms with E-state index in [1.54, 1.807) is 4.81 Å². The molecule has 0 saturated carbocycles. The molecule has 0 spiro atoms. The van der Waals surface area contributed by atoms with Gasteiger partial charge in [-0.2, -0.15) is 0 Å². The lowest BCUT2D eigenvalue weighted by Crippen LogP contribution is -2.16. The Balaban J connectivity index is -0.000000266. The van der Waals surface area contributed by atoms with E-state index < -0.39 is 0 Å². The lowest BCUT2D eigenvalue weighted by molar-refractivity contribution is 0.129. The quantitative estimate of drug-likeness (QED) is 0.484. The summed E-state index contributed by atoms with van der Waals surface area (Å²) >= 11 is 0. The second-order valence-corrected chi connectivity index (χ2v) is 2.45. The Morgan fingerprint density at radius 1 is 1.07 bits per heavy atom. The number of rotatable bonds is 6. The largest absolute Gasteiger partial charge is 0.381 e. The SMILES string of the molecule is CC.CC.[B]N(C)CCCOCCC. The Hall–Kier alpha value is -0.0151. The summed E-state index contributed by atoms with van der Waals surface area (Å²) in [5, 5.41) is 0. The zero-order chi connectivity index (χ0) is 11.8. The first-order valence-corrected chi connectivity index (χ1v) is 5.81. The van der Waals surface area contributed by atoms with Crippen LogP contribution >= 0.6 is 0 Å². The van der Waals surface area contributed by atoms with Crippen LogP contribution in [0, 0.1) is 0 Å². The highest BCUT2D eigenvalue weighted by molar-refractivity contribution is 6.04. The van der Waals surface area contributed by atoms with Crippen LogP contribution in [0.3, 0.4) is 0 Å². The van der Waals surface area contributed by atoms with Gasteiger partial charge < -0.3 is 9.55 Å². The minimum absolute atomic E-state index is 0.829. The van der Waals surface area contributed by atoms with Crippen LogP contribution in [0.4, 0.5) is 0 Å². The van der Waals surface area contributed by atoms with Crippen LogP contribution in [0.2, 0.25) is 0 Å². The van der Waals surface area contributed by atoms with Crippen molar-refractivity contribution in [2.75, 3.05) is 26.8 Å². The molecule has 14 heavy (non-hydrogen) atoms. The smallest absolute Gasteiger partial charge is 0.182 e. The number of hydrogen-bond donors (Lipinski definition) is 0. The minimum atomic E-state index is 0.829. The lowest BCUT2D eigenvalue weighted by atomic mass is 10.3. The van der Waals surface area contributed by atoms with Crippen molar-refractivity contribution < 1.29 is 4.74 Å². The molecule has 2 radical (unpaired) electrons. The molecule has 3 heteroatoms. The van der Waals surface area contributed by atoms with Gasteiger partial charge in [-0.05, 0) is 26.4 Å². The topological polar surface area (TPSA) is 12.5 Å². The molecule has 86 valence electrons. The summed E-state index contributed by atoms with van der Waals surface area (Å²) in [4.78, 5) is 1.68. The molecule has 2 nitrogen and oxygen atoms in total. The highest BCUT2D eigenvalue weighted by Crippen LogP contribution is 1.86. The first kappa shape index (κ1) is 19.5. The Bertz CT molecular complexity index is 70.3. The Morgan fingerprint density at radius 3 is 1.93 bits per heavy atom. The Morgan fingerprint density at radius 2 is 1.57 bits per heavy atom. The number of ether oxygens (including phenoxy) is 1. The first-order chi connectivity index (χ1) is 6.77. The van der Waals surface area contributed by atoms with Gasteiger partial charge in [-0.1, -0.05) is 34.6 Å². The van der Waals surface area contributed by atoms with Crippen molar-refractivity contribution in [3.8, 4) is 0 Å². The average molecular weight is 201 g/mol. The van der Waals surface area contributed by atoms with Gasteiger partial charge in [0.15, 0.2) is 7.98 Å². The standard InChI is InChI=1S/C7H16BNO.2C2H6/c1-3-6-10-7-4-5-9(2)8;2*1-2/h3-7H2,1-2H3;2*1-2H3. The summed E-state index contributed by atoms with van der Waals surface area (Å²) in [6.07, 6.45) is 2.12. The van der Waals surface area contributed by atoms with Crippen LogP contribution in [0.5, 0.6) is 0 Å². The van der Waals surface area contributed by atoms with Crippen molar-refractivity contribution >= 4 is 7.98 Å². The molecule has 0 rings (SSSR count). The third kappa shape index (κ3) is 29.6. The zero-order valence-corrected chi connectivity index (χ0v) is 11.0. The van der Waals surface area contributed by atoms with Crippen molar-refractivity contribution in [3.63, 3.8) is 0 Å². The monoisotopic (exact) mass is 201 g/mol. The van der Waals surface area contributed by atoms with E-state index in [9.17, 15) is 0 Å². The van der Waals surface area contributed by atoms with Crippen LogP contribution in [-0.2, 0) is 4.74 Å². The average Bonchev–Trinajstić information content (AvgIpc) is 2.23. The third-order valence-electron chi connectivity index (χ3n) is 1.15. The van der Waals surface area contributed by atoms with E-state index in [0.29, 0.717) is 0 Å². The van der Waals surface area contributed by atoms with Crippen LogP contribution < -0.4 is 0 Å². The molecule has 0 fully saturated rings. The lowest BCUT2D eigenvalue weighted by Gasteiger charge is -2.08. The van der Waals surface area contributed by atoms with Gasteiger partial charge in [-0.25, -0.2) is 0 Å². The molecule has 0 amide bonds. The molecule has 0 aromatic carbocycles. The normalized spacial score (nSPS) is 8.50. The fourth-order valence-corrected chi connectivity index (χ4v) is 0.662. The molecule has 0 aromatic heterocycles. The van der Waals surface area contributed by atoms with Crippen molar-refractivity contribution in [3.05, 3.63) is 0 Å². The van der Waals surface area contributed by atoms with E-state index in [4.69, 9.17) is 12.7 Å². The zero-order valence-electron chi connectivity index (χ0n) is 11.0. The third-order valence-corrected chi connectivity index (χ3v) is 1.15. The maximum atomic E-state index is 5.38. The van der Waals surface area contributed by atoms with Crippen molar-refractivity contribution in [2.24, 2.45) is 0 Å². The van der Waals surface area contributed by atoms with E-state index >= 15 is 0 Å². The molecule has 0 bridgehead atoms. The molecule has 0 N–H and O–H groups in total.